The van der Waals surface area contributed by atoms with Gasteiger partial charge in [-0.1, -0.05) is 34.1 Å². The molecule has 0 aromatic rings. The molecule has 56 heavy (non-hydrogen) atoms. The largest absolute Gasteiger partial charge is 0.457 e. The Morgan fingerprint density at radius 3 is 2.43 bits per heavy atom. The molecule has 7 rings (SSSR count). The maximum Gasteiger partial charge on any atom is 0.410 e. The lowest BCUT2D eigenvalue weighted by atomic mass is 9.47. The number of hydrogen-bond donors (Lipinski definition) is 3. The summed E-state index contributed by atoms with van der Waals surface area (Å²) in [6.45, 7) is 24.1. The maximum atomic E-state index is 12.5. The van der Waals surface area contributed by atoms with E-state index in [0.29, 0.717) is 24.9 Å². The van der Waals surface area contributed by atoms with Crippen molar-refractivity contribution in [2.24, 2.45) is 51.6 Å². The molecule has 7 fully saturated rings. The number of nitrogens with two attached hydrogens (primary N) is 1. The number of likely N-dealkylation sites (tertiary alicyclic amines) is 1. The summed E-state index contributed by atoms with van der Waals surface area (Å²) in [6, 6.07) is 0. The smallest absolute Gasteiger partial charge is 0.410 e. The van der Waals surface area contributed by atoms with E-state index in [0.717, 1.165) is 77.7 Å². The first-order valence-corrected chi connectivity index (χ1v) is 22.0. The Morgan fingerprint density at radius 1 is 1.07 bits per heavy atom. The summed E-state index contributed by atoms with van der Waals surface area (Å²) in [5, 5.41) is 23.5. The van der Waals surface area contributed by atoms with Gasteiger partial charge in [0.1, 0.15) is 5.60 Å². The first-order chi connectivity index (χ1) is 26.0. The van der Waals surface area contributed by atoms with Crippen molar-refractivity contribution < 1.29 is 43.5 Å². The van der Waals surface area contributed by atoms with Crippen molar-refractivity contribution in [2.75, 3.05) is 39.3 Å². The standard InChI is InChI=1S/C44H75N3O9/c1-26(2)30(54-33-24-46(18-19-52-33)21-29-22-47(23-29)38(50)56-39(5,6)7)13-15-42-14-11-12-32-43(42,25-42)17-16-41(10)34-27(3)20-31(37(40(8,9)51)53-28(4)48)55-35(34)36(49)44(32,41)45/h26-27,29-37,49,51H,11-25,45H2,1-10H3. The highest BCUT2D eigenvalue weighted by atomic mass is 16.7. The first kappa shape index (κ1) is 42.6. The van der Waals surface area contributed by atoms with Crippen LogP contribution in [0.3, 0.4) is 0 Å². The van der Waals surface area contributed by atoms with Gasteiger partial charge in [0.15, 0.2) is 12.4 Å². The molecule has 12 nitrogen and oxygen atoms in total. The number of aliphatic hydroxyl groups is 2. The number of ether oxygens (including phenoxy) is 5. The van der Waals surface area contributed by atoms with E-state index in [2.05, 4.69) is 32.6 Å². The van der Waals surface area contributed by atoms with Crippen LogP contribution in [0.2, 0.25) is 0 Å². The number of hydrogen-bond acceptors (Lipinski definition) is 11. The monoisotopic (exact) mass is 790 g/mol. The van der Waals surface area contributed by atoms with Crippen LogP contribution in [0.5, 0.6) is 0 Å². The Bertz CT molecular complexity index is 1460. The number of morpholine rings is 1. The van der Waals surface area contributed by atoms with Crippen LogP contribution in [0.4, 0.5) is 4.79 Å². The van der Waals surface area contributed by atoms with E-state index >= 15 is 0 Å². The first-order valence-electron chi connectivity index (χ1n) is 22.0. The Balaban J connectivity index is 0.987. The van der Waals surface area contributed by atoms with E-state index in [4.69, 9.17) is 29.4 Å². The van der Waals surface area contributed by atoms with Crippen LogP contribution in [0.1, 0.15) is 127 Å². The Hall–Kier alpha value is -1.54. The minimum absolute atomic E-state index is 0.0754. The minimum Gasteiger partial charge on any atom is -0.457 e. The van der Waals surface area contributed by atoms with Crippen molar-refractivity contribution >= 4 is 12.1 Å². The fourth-order valence-electron chi connectivity index (χ4n) is 13.5. The van der Waals surface area contributed by atoms with Crippen LogP contribution in [-0.4, -0.2) is 125 Å². The second kappa shape index (κ2) is 14.9. The van der Waals surface area contributed by atoms with Gasteiger partial charge in [-0.25, -0.2) is 4.79 Å². The molecule has 3 saturated heterocycles. The van der Waals surface area contributed by atoms with E-state index < -0.39 is 47.1 Å². The van der Waals surface area contributed by atoms with Crippen molar-refractivity contribution in [3.63, 3.8) is 0 Å². The maximum absolute atomic E-state index is 12.5. The zero-order chi connectivity index (χ0) is 40.8. The molecule has 13 unspecified atom stereocenters. The van der Waals surface area contributed by atoms with Crippen molar-refractivity contribution in [1.29, 1.82) is 0 Å². The van der Waals surface area contributed by atoms with Gasteiger partial charge in [0.25, 0.3) is 0 Å². The predicted molar refractivity (Wildman–Crippen MR) is 211 cm³/mol. The van der Waals surface area contributed by atoms with Crippen molar-refractivity contribution in [3.8, 4) is 0 Å². The van der Waals surface area contributed by atoms with Gasteiger partial charge < -0.3 is 44.5 Å². The molecule has 12 heteroatoms. The van der Waals surface area contributed by atoms with E-state index in [-0.39, 0.29) is 52.5 Å². The summed E-state index contributed by atoms with van der Waals surface area (Å²) in [6.07, 6.45) is 6.15. The van der Waals surface area contributed by atoms with E-state index in [9.17, 15) is 19.8 Å². The molecule has 4 aliphatic carbocycles. The average molecular weight is 790 g/mol. The molecule has 0 aromatic carbocycles. The molecule has 0 radical (unpaired) electrons. The van der Waals surface area contributed by atoms with Crippen LogP contribution >= 0.6 is 0 Å². The Morgan fingerprint density at radius 2 is 1.79 bits per heavy atom. The highest BCUT2D eigenvalue weighted by molar-refractivity contribution is 5.69. The van der Waals surface area contributed by atoms with Crippen LogP contribution in [0.25, 0.3) is 0 Å². The number of rotatable bonds is 11. The lowest BCUT2D eigenvalue weighted by Crippen LogP contribution is -2.69. The van der Waals surface area contributed by atoms with Crippen molar-refractivity contribution in [2.45, 2.75) is 181 Å². The third kappa shape index (κ3) is 7.35. The number of fused-ring (bicyclic) bond motifs is 4. The van der Waals surface area contributed by atoms with E-state index in [1.807, 2.05) is 20.8 Å². The molecular formula is C44H75N3O9. The normalized spacial score (nSPS) is 42.5. The zero-order valence-electron chi connectivity index (χ0n) is 36.2. The Labute approximate surface area is 336 Å². The second-order valence-electron chi connectivity index (χ2n) is 21.7. The molecule has 0 bridgehead atoms. The summed E-state index contributed by atoms with van der Waals surface area (Å²) < 4.78 is 31.0. The summed E-state index contributed by atoms with van der Waals surface area (Å²) in [4.78, 5) is 28.8. The zero-order valence-corrected chi connectivity index (χ0v) is 36.2. The predicted octanol–water partition coefficient (Wildman–Crippen LogP) is 5.49. The van der Waals surface area contributed by atoms with Gasteiger partial charge in [0.05, 0.1) is 42.2 Å². The topological polar surface area (TPSA) is 153 Å². The fraction of sp³-hybridized carbons (Fsp3) is 0.955. The SMILES string of the molecule is CC(=O)OC(C1CC(C)C2C(O1)C(O)C1(N)C3CCCC4(CCC(OC5CN(CC6CN(C(=O)OC(C)(C)C)C6)CCO5)C(C)C)CC34CCC21C)C(C)(C)O. The number of esters is 1. The summed E-state index contributed by atoms with van der Waals surface area (Å²) in [5.41, 5.74) is 5.22. The van der Waals surface area contributed by atoms with Crippen LogP contribution in [-0.2, 0) is 28.5 Å². The number of carbonyl (C=O) groups is 2. The molecule has 0 aromatic heterocycles. The molecule has 4 saturated carbocycles. The summed E-state index contributed by atoms with van der Waals surface area (Å²) in [7, 11) is 0. The van der Waals surface area contributed by atoms with Gasteiger partial charge in [0, 0.05) is 45.6 Å². The highest BCUT2D eigenvalue weighted by Gasteiger charge is 2.82. The lowest BCUT2D eigenvalue weighted by Gasteiger charge is -2.60. The number of amides is 1. The molecule has 7 aliphatic rings. The molecular weight excluding hydrogens is 714 g/mol. The van der Waals surface area contributed by atoms with E-state index in [1.165, 1.54) is 13.3 Å². The molecule has 4 N–H and O–H groups in total. The van der Waals surface area contributed by atoms with Gasteiger partial charge in [-0.3, -0.25) is 9.69 Å². The molecule has 13 atom stereocenters. The second-order valence-corrected chi connectivity index (χ2v) is 21.7. The quantitative estimate of drug-likeness (QED) is 0.228. The van der Waals surface area contributed by atoms with Gasteiger partial charge in [-0.2, -0.15) is 0 Å². The third-order valence-electron chi connectivity index (χ3n) is 16.0. The molecule has 1 amide bonds. The van der Waals surface area contributed by atoms with Crippen LogP contribution in [0.15, 0.2) is 0 Å². The van der Waals surface area contributed by atoms with Crippen molar-refractivity contribution in [3.05, 3.63) is 0 Å². The number of nitrogens with zero attached hydrogens (tertiary/aromatic N) is 2. The fourth-order valence-corrected chi connectivity index (χ4v) is 13.5. The summed E-state index contributed by atoms with van der Waals surface area (Å²) in [5.74, 6) is 0.766. The van der Waals surface area contributed by atoms with Crippen molar-refractivity contribution in [1.82, 2.24) is 9.80 Å². The van der Waals surface area contributed by atoms with Gasteiger partial charge in [-0.05, 0) is 126 Å². The van der Waals surface area contributed by atoms with Crippen LogP contribution < -0.4 is 5.73 Å². The number of aliphatic hydroxyl groups excluding tert-OH is 1. The third-order valence-corrected chi connectivity index (χ3v) is 16.0. The van der Waals surface area contributed by atoms with Crippen LogP contribution in [0, 0.1) is 45.8 Å². The Kier molecular flexibility index (Phi) is 11.3. The minimum atomic E-state index is -1.30. The van der Waals surface area contributed by atoms with Gasteiger partial charge in [-0.15, -0.1) is 0 Å². The van der Waals surface area contributed by atoms with E-state index in [1.54, 1.807) is 18.7 Å². The van der Waals surface area contributed by atoms with Gasteiger partial charge in [0.2, 0.25) is 0 Å². The average Bonchev–Trinajstić information content (AvgIpc) is 3.70. The number of carbonyl (C=O) groups excluding carboxylic acids is 2. The molecule has 1 spiro atoms. The van der Waals surface area contributed by atoms with Gasteiger partial charge >= 0.3 is 12.1 Å². The molecule has 3 heterocycles. The lowest BCUT2D eigenvalue weighted by molar-refractivity contribution is -0.216. The summed E-state index contributed by atoms with van der Waals surface area (Å²) >= 11 is 0. The molecule has 320 valence electrons. The molecule has 3 aliphatic heterocycles. The highest BCUT2D eigenvalue weighted by Crippen LogP contribution is 2.83.